The summed E-state index contributed by atoms with van der Waals surface area (Å²) < 4.78 is 1.38. The zero-order chi connectivity index (χ0) is 18.6. The Hall–Kier alpha value is -3.01. The van der Waals surface area contributed by atoms with Gasteiger partial charge >= 0.3 is 6.03 Å². The molecule has 10 nitrogen and oxygen atoms in total. The normalized spacial score (nSPS) is 23.9. The van der Waals surface area contributed by atoms with Gasteiger partial charge in [-0.3, -0.25) is 9.69 Å². The number of rotatable bonds is 5. The number of carbonyl (C=O) groups excluding carboxylic acids is 2. The first-order valence-corrected chi connectivity index (χ1v) is 9.03. The van der Waals surface area contributed by atoms with Gasteiger partial charge in [-0.25, -0.2) is 9.48 Å². The third-order valence-electron chi connectivity index (χ3n) is 5.08. The maximum Gasteiger partial charge on any atom is 0.322 e. The van der Waals surface area contributed by atoms with E-state index in [0.29, 0.717) is 13.1 Å². The summed E-state index contributed by atoms with van der Waals surface area (Å²) in [6.45, 7) is 2.95. The number of benzene rings is 1. The van der Waals surface area contributed by atoms with Crippen molar-refractivity contribution in [1.29, 1.82) is 0 Å². The number of aromatic nitrogens is 4. The number of nitrogens with one attached hydrogen (secondary N) is 2. The highest BCUT2D eigenvalue weighted by atomic mass is 16.2. The highest BCUT2D eigenvalue weighted by Crippen LogP contribution is 2.25. The van der Waals surface area contributed by atoms with Crippen molar-refractivity contribution < 1.29 is 9.59 Å². The molecule has 1 aromatic carbocycles. The van der Waals surface area contributed by atoms with E-state index in [1.807, 2.05) is 35.2 Å². The van der Waals surface area contributed by atoms with E-state index in [2.05, 4.69) is 31.1 Å². The second-order valence-corrected chi connectivity index (χ2v) is 6.85. The molecule has 3 amide bonds. The van der Waals surface area contributed by atoms with E-state index < -0.39 is 0 Å². The molecule has 0 saturated carbocycles. The molecule has 2 aromatic rings. The van der Waals surface area contributed by atoms with E-state index in [4.69, 9.17) is 0 Å². The van der Waals surface area contributed by atoms with Crippen LogP contribution in [0.1, 0.15) is 6.42 Å². The minimum atomic E-state index is -0.149. The number of para-hydroxylation sites is 1. The molecule has 10 heteroatoms. The summed E-state index contributed by atoms with van der Waals surface area (Å²) in [7, 11) is 0. The van der Waals surface area contributed by atoms with Crippen molar-refractivity contribution in [1.82, 2.24) is 35.3 Å². The fourth-order valence-electron chi connectivity index (χ4n) is 3.69. The summed E-state index contributed by atoms with van der Waals surface area (Å²) in [5.41, 5.74) is 0.786. The molecule has 0 spiro atoms. The number of anilines is 1. The lowest BCUT2D eigenvalue weighted by molar-refractivity contribution is -0.122. The van der Waals surface area contributed by atoms with Gasteiger partial charge in [0.25, 0.3) is 0 Å². The molecule has 0 radical (unpaired) electrons. The van der Waals surface area contributed by atoms with Gasteiger partial charge in [0, 0.05) is 44.0 Å². The Balaban J connectivity index is 1.33. The summed E-state index contributed by atoms with van der Waals surface area (Å²) in [5.74, 6) is -0.149. The van der Waals surface area contributed by atoms with Crippen LogP contribution in [0.25, 0.3) is 0 Å². The predicted octanol–water partition coefficient (Wildman–Crippen LogP) is -0.220. The summed E-state index contributed by atoms with van der Waals surface area (Å²) in [6.07, 6.45) is 2.36. The molecule has 3 unspecified atom stereocenters. The summed E-state index contributed by atoms with van der Waals surface area (Å²) >= 11 is 0. The van der Waals surface area contributed by atoms with Gasteiger partial charge in [0.15, 0.2) is 0 Å². The second-order valence-electron chi connectivity index (χ2n) is 6.85. The lowest BCUT2D eigenvalue weighted by atomic mass is 10.1. The number of urea groups is 1. The largest absolute Gasteiger partial charge is 0.353 e. The summed E-state index contributed by atoms with van der Waals surface area (Å²) in [4.78, 5) is 29.0. The number of hydrogen-bond donors (Lipinski definition) is 2. The van der Waals surface area contributed by atoms with Gasteiger partial charge in [-0.05, 0) is 29.0 Å². The van der Waals surface area contributed by atoms with Crippen LogP contribution in [0.2, 0.25) is 0 Å². The van der Waals surface area contributed by atoms with Crippen LogP contribution < -0.4 is 10.6 Å². The van der Waals surface area contributed by atoms with Crippen molar-refractivity contribution in [3.8, 4) is 0 Å². The molecule has 3 atom stereocenters. The topological polar surface area (TPSA) is 108 Å². The first-order valence-electron chi connectivity index (χ1n) is 9.03. The van der Waals surface area contributed by atoms with Crippen molar-refractivity contribution in [2.24, 2.45) is 0 Å². The average Bonchev–Trinajstić information content (AvgIpc) is 3.33. The highest BCUT2D eigenvalue weighted by molar-refractivity contribution is 5.89. The molecule has 142 valence electrons. The van der Waals surface area contributed by atoms with Gasteiger partial charge in [0.05, 0.1) is 0 Å². The van der Waals surface area contributed by atoms with E-state index in [9.17, 15) is 9.59 Å². The standard InChI is InChI=1S/C17H22N8O2/c26-16(11-24-12-19-21-22-24)18-8-15-10-25(14-6-7-23(15)9-14)17(27)20-13-4-2-1-3-5-13/h1-5,12,14-15H,6-11H2,(H,18,26)(H,20,27). The van der Waals surface area contributed by atoms with E-state index in [1.54, 1.807) is 0 Å². The van der Waals surface area contributed by atoms with Gasteiger partial charge < -0.3 is 15.5 Å². The smallest absolute Gasteiger partial charge is 0.322 e. The minimum Gasteiger partial charge on any atom is -0.353 e. The number of tetrazole rings is 1. The lowest BCUT2D eigenvalue weighted by Crippen LogP contribution is -2.58. The highest BCUT2D eigenvalue weighted by Gasteiger charge is 2.40. The monoisotopic (exact) mass is 370 g/mol. The molecule has 2 N–H and O–H groups in total. The maximum atomic E-state index is 12.7. The molecule has 2 aliphatic rings. The first-order chi connectivity index (χ1) is 13.2. The molecule has 27 heavy (non-hydrogen) atoms. The molecule has 0 aliphatic carbocycles. The van der Waals surface area contributed by atoms with Gasteiger partial charge in [0.1, 0.15) is 12.9 Å². The summed E-state index contributed by atoms with van der Waals surface area (Å²) in [6, 6.07) is 9.69. The van der Waals surface area contributed by atoms with Crippen LogP contribution in [0.15, 0.2) is 36.7 Å². The van der Waals surface area contributed by atoms with Gasteiger partial charge in [-0.15, -0.1) is 5.10 Å². The number of piperazine rings is 1. The third kappa shape index (κ3) is 4.05. The van der Waals surface area contributed by atoms with Crippen molar-refractivity contribution in [2.75, 3.05) is 31.5 Å². The van der Waals surface area contributed by atoms with Crippen LogP contribution in [-0.2, 0) is 11.3 Å². The van der Waals surface area contributed by atoms with E-state index >= 15 is 0 Å². The van der Waals surface area contributed by atoms with Crippen molar-refractivity contribution in [2.45, 2.75) is 25.0 Å². The van der Waals surface area contributed by atoms with Crippen LogP contribution in [0.4, 0.5) is 10.5 Å². The Morgan fingerprint density at radius 3 is 2.81 bits per heavy atom. The van der Waals surface area contributed by atoms with Gasteiger partial charge in [-0.2, -0.15) is 0 Å². The predicted molar refractivity (Wildman–Crippen MR) is 96.8 cm³/mol. The Morgan fingerprint density at radius 2 is 2.04 bits per heavy atom. The average molecular weight is 370 g/mol. The zero-order valence-electron chi connectivity index (χ0n) is 14.9. The Bertz CT molecular complexity index is 781. The number of carbonyl (C=O) groups is 2. The van der Waals surface area contributed by atoms with Crippen molar-refractivity contribution >= 4 is 17.6 Å². The fourth-order valence-corrected chi connectivity index (χ4v) is 3.69. The number of fused-ring (bicyclic) bond motifs is 2. The SMILES string of the molecule is O=C(Cn1cnnn1)NCC1CN(C(=O)Nc2ccccc2)C2CCN1C2. The maximum absolute atomic E-state index is 12.7. The molecule has 2 fully saturated rings. The molecule has 2 aliphatic heterocycles. The van der Waals surface area contributed by atoms with E-state index in [-0.39, 0.29) is 30.6 Å². The van der Waals surface area contributed by atoms with E-state index in [0.717, 1.165) is 25.2 Å². The van der Waals surface area contributed by atoms with E-state index in [1.165, 1.54) is 11.0 Å². The molecular weight excluding hydrogens is 348 g/mol. The van der Waals surface area contributed by atoms with Crippen LogP contribution in [-0.4, -0.2) is 80.2 Å². The quantitative estimate of drug-likeness (QED) is 0.753. The molecule has 3 heterocycles. The van der Waals surface area contributed by atoms with Crippen LogP contribution in [0.5, 0.6) is 0 Å². The molecule has 2 bridgehead atoms. The first kappa shape index (κ1) is 17.4. The van der Waals surface area contributed by atoms with Crippen molar-refractivity contribution in [3.63, 3.8) is 0 Å². The minimum absolute atomic E-state index is 0.0839. The van der Waals surface area contributed by atoms with Gasteiger partial charge in [-0.1, -0.05) is 18.2 Å². The second kappa shape index (κ2) is 7.70. The third-order valence-corrected chi connectivity index (χ3v) is 5.08. The Morgan fingerprint density at radius 1 is 1.19 bits per heavy atom. The number of amides is 3. The molecule has 4 rings (SSSR count). The zero-order valence-corrected chi connectivity index (χ0v) is 14.9. The Kier molecular flexibility index (Phi) is 4.97. The van der Waals surface area contributed by atoms with Crippen LogP contribution >= 0.6 is 0 Å². The molecule has 1 aromatic heterocycles. The number of hydrogen-bond acceptors (Lipinski definition) is 6. The Labute approximate surface area is 156 Å². The van der Waals surface area contributed by atoms with Crippen LogP contribution in [0.3, 0.4) is 0 Å². The van der Waals surface area contributed by atoms with Gasteiger partial charge in [0.2, 0.25) is 5.91 Å². The lowest BCUT2D eigenvalue weighted by Gasteiger charge is -2.40. The van der Waals surface area contributed by atoms with Crippen molar-refractivity contribution in [3.05, 3.63) is 36.7 Å². The van der Waals surface area contributed by atoms with Crippen LogP contribution in [0, 0.1) is 0 Å². The molecular formula is C17H22N8O2. The molecule has 2 saturated heterocycles. The fraction of sp³-hybridized carbons (Fsp3) is 0.471. The summed E-state index contributed by atoms with van der Waals surface area (Å²) in [5, 5.41) is 16.6. The number of nitrogens with zero attached hydrogens (tertiary/aromatic N) is 6.